The van der Waals surface area contributed by atoms with Gasteiger partial charge in [-0.25, -0.2) is 9.98 Å². The maximum absolute atomic E-state index is 11.5. The van der Waals surface area contributed by atoms with Gasteiger partial charge in [-0.05, 0) is 62.8 Å². The van der Waals surface area contributed by atoms with E-state index in [4.69, 9.17) is 27.2 Å². The van der Waals surface area contributed by atoms with Crippen molar-refractivity contribution in [1.29, 1.82) is 0 Å². The average Bonchev–Trinajstić information content (AvgIpc) is 3.00. The molecule has 1 fully saturated rings. The number of nitrogens with zero attached hydrogens (tertiary/aromatic N) is 3. The zero-order chi connectivity index (χ0) is 32.5. The van der Waals surface area contributed by atoms with E-state index >= 15 is 0 Å². The molecule has 0 spiro atoms. The number of unbranched alkanes of at least 4 members (excludes halogenated alkanes) is 1. The SMILES string of the molecule is C=C(C)C(Cl)=N/C(C(=O)NCCO)=C(\C)N.CCC(C)CC.CCCC.COc1ccc(CN2CCC(C)CC2)cn1. The van der Waals surface area contributed by atoms with Gasteiger partial charge < -0.3 is 20.9 Å². The maximum atomic E-state index is 11.5. The molecule has 1 aromatic rings. The number of amides is 1. The van der Waals surface area contributed by atoms with Crippen molar-refractivity contribution in [3.63, 3.8) is 0 Å². The van der Waals surface area contributed by atoms with E-state index in [1.165, 1.54) is 57.2 Å². The van der Waals surface area contributed by atoms with E-state index in [1.54, 1.807) is 21.0 Å². The predicted octanol–water partition coefficient (Wildman–Crippen LogP) is 7.07. The molecule has 2 rings (SSSR count). The van der Waals surface area contributed by atoms with E-state index in [9.17, 15) is 4.79 Å². The Bertz CT molecular complexity index is 901. The third-order valence-electron chi connectivity index (χ3n) is 6.73. The maximum Gasteiger partial charge on any atom is 0.271 e. The highest BCUT2D eigenvalue weighted by Crippen LogP contribution is 2.18. The summed E-state index contributed by atoms with van der Waals surface area (Å²) in [6.07, 6.45) is 9.86. The monoisotopic (exact) mass is 609 g/mol. The van der Waals surface area contributed by atoms with Crippen LogP contribution in [0.4, 0.5) is 0 Å². The number of aliphatic hydroxyl groups excluding tert-OH is 1. The number of allylic oxidation sites excluding steroid dienone is 2. The molecular formula is C33H60ClN5O3. The molecule has 0 aliphatic carbocycles. The zero-order valence-electron chi connectivity index (χ0n) is 27.9. The van der Waals surface area contributed by atoms with Crippen molar-refractivity contribution in [3.8, 4) is 5.88 Å². The number of methoxy groups -OCH3 is 1. The van der Waals surface area contributed by atoms with Crippen LogP contribution in [-0.2, 0) is 11.3 Å². The first-order valence-electron chi connectivity index (χ1n) is 15.4. The summed E-state index contributed by atoms with van der Waals surface area (Å²) in [6, 6.07) is 4.03. The number of aliphatic hydroxyl groups is 1. The Kier molecular flexibility index (Phi) is 26.0. The van der Waals surface area contributed by atoms with Gasteiger partial charge in [0.15, 0.2) is 0 Å². The number of piperidine rings is 1. The topological polar surface area (TPSA) is 113 Å². The van der Waals surface area contributed by atoms with E-state index in [2.05, 4.69) is 74.4 Å². The zero-order valence-corrected chi connectivity index (χ0v) is 28.7. The molecule has 0 radical (unpaired) electrons. The Labute approximate surface area is 261 Å². The van der Waals surface area contributed by atoms with Gasteiger partial charge in [-0.3, -0.25) is 9.69 Å². The van der Waals surface area contributed by atoms with E-state index in [-0.39, 0.29) is 29.7 Å². The van der Waals surface area contributed by atoms with Crippen molar-refractivity contribution >= 4 is 22.7 Å². The summed E-state index contributed by atoms with van der Waals surface area (Å²) in [4.78, 5) is 22.2. The molecule has 1 aromatic heterocycles. The first-order valence-corrected chi connectivity index (χ1v) is 15.7. The minimum atomic E-state index is -0.478. The van der Waals surface area contributed by atoms with Gasteiger partial charge in [0.1, 0.15) is 10.9 Å². The molecule has 0 atom stereocenters. The second kappa shape index (κ2) is 26.2. The fourth-order valence-electron chi connectivity index (χ4n) is 3.16. The molecule has 0 aromatic carbocycles. The van der Waals surface area contributed by atoms with Crippen LogP contribution in [0.5, 0.6) is 5.88 Å². The van der Waals surface area contributed by atoms with Gasteiger partial charge in [-0.1, -0.05) is 91.5 Å². The number of halogens is 1. The van der Waals surface area contributed by atoms with Gasteiger partial charge in [0, 0.05) is 31.0 Å². The van der Waals surface area contributed by atoms with Crippen molar-refractivity contribution in [3.05, 3.63) is 47.4 Å². The summed E-state index contributed by atoms with van der Waals surface area (Å²) >= 11 is 5.76. The second-order valence-corrected chi connectivity index (χ2v) is 11.1. The number of pyridine rings is 1. The molecule has 4 N–H and O–H groups in total. The summed E-state index contributed by atoms with van der Waals surface area (Å²) in [5.41, 5.74) is 7.60. The van der Waals surface area contributed by atoms with Crippen LogP contribution in [-0.4, -0.2) is 59.4 Å². The van der Waals surface area contributed by atoms with E-state index in [0.717, 1.165) is 18.4 Å². The summed E-state index contributed by atoms with van der Waals surface area (Å²) in [7, 11) is 1.65. The van der Waals surface area contributed by atoms with Crippen LogP contribution in [0.15, 0.2) is 46.9 Å². The Morgan fingerprint density at radius 1 is 1.21 bits per heavy atom. The molecule has 1 aliphatic heterocycles. The van der Waals surface area contributed by atoms with E-state index in [0.29, 0.717) is 11.5 Å². The number of carbonyl (C=O) groups excluding carboxylic acids is 1. The predicted molar refractivity (Wildman–Crippen MR) is 180 cm³/mol. The molecule has 0 unspecified atom stereocenters. The molecular weight excluding hydrogens is 550 g/mol. The molecule has 1 amide bonds. The number of nitrogens with one attached hydrogen (secondary N) is 1. The molecule has 9 heteroatoms. The third kappa shape index (κ3) is 21.3. The standard InChI is InChI=1S/C13H20N2O.C10H16ClN3O2.C6H14.C4H10/c1-11-5-7-15(8-6-11)10-12-3-4-13(16-2)14-9-12;1-6(2)9(11)14-8(7(3)12)10(16)13-4-5-15;1-4-6(3)5-2;1-3-4-2/h3-4,9,11H,5-8,10H2,1-2H3;15H,1,4-5,12H2,2-3H3,(H,13,16);6H,4-5H2,1-3H3;3-4H2,1-2H3/b;8-7+,14-9?;;. The van der Waals surface area contributed by atoms with Gasteiger partial charge in [0.05, 0.1) is 13.7 Å². The molecule has 242 valence electrons. The van der Waals surface area contributed by atoms with Crippen LogP contribution >= 0.6 is 11.6 Å². The number of nitrogens with two attached hydrogens (primary N) is 1. The highest BCUT2D eigenvalue weighted by Gasteiger charge is 2.15. The Morgan fingerprint density at radius 3 is 2.14 bits per heavy atom. The first kappa shape index (κ1) is 41.7. The number of ether oxygens (including phenoxy) is 1. The summed E-state index contributed by atoms with van der Waals surface area (Å²) < 4.78 is 5.05. The molecule has 1 saturated heterocycles. The highest BCUT2D eigenvalue weighted by atomic mass is 35.5. The number of aliphatic imine (C=N–C) groups is 1. The fourth-order valence-corrected chi connectivity index (χ4v) is 3.24. The van der Waals surface area contributed by atoms with Gasteiger partial charge in [-0.2, -0.15) is 0 Å². The Hall–Kier alpha value is -2.42. The van der Waals surface area contributed by atoms with Gasteiger partial charge in [0.2, 0.25) is 5.88 Å². The van der Waals surface area contributed by atoms with Crippen LogP contribution < -0.4 is 15.8 Å². The van der Waals surface area contributed by atoms with Crippen molar-refractivity contribution in [2.75, 3.05) is 33.4 Å². The van der Waals surface area contributed by atoms with Gasteiger partial charge in [-0.15, -0.1) is 0 Å². The summed E-state index contributed by atoms with van der Waals surface area (Å²) in [6.45, 7) is 23.7. The molecule has 2 heterocycles. The number of hydrogen-bond donors (Lipinski definition) is 3. The molecule has 0 bridgehead atoms. The van der Waals surface area contributed by atoms with Crippen LogP contribution in [0.2, 0.25) is 0 Å². The summed E-state index contributed by atoms with van der Waals surface area (Å²) in [5, 5.41) is 11.1. The minimum Gasteiger partial charge on any atom is -0.481 e. The second-order valence-electron chi connectivity index (χ2n) is 10.8. The molecule has 1 aliphatic rings. The number of hydrogen-bond acceptors (Lipinski definition) is 7. The van der Waals surface area contributed by atoms with Gasteiger partial charge >= 0.3 is 0 Å². The lowest BCUT2D eigenvalue weighted by Crippen LogP contribution is -2.32. The lowest BCUT2D eigenvalue weighted by atomic mass is 9.99. The Balaban J connectivity index is 0. The van der Waals surface area contributed by atoms with Crippen molar-refractivity contribution in [1.82, 2.24) is 15.2 Å². The smallest absolute Gasteiger partial charge is 0.271 e. The van der Waals surface area contributed by atoms with Crippen LogP contribution in [0, 0.1) is 11.8 Å². The van der Waals surface area contributed by atoms with Crippen molar-refractivity contribution in [2.45, 2.75) is 100 Å². The van der Waals surface area contributed by atoms with Gasteiger partial charge in [0.25, 0.3) is 5.91 Å². The summed E-state index contributed by atoms with van der Waals surface area (Å²) in [5.74, 6) is 2.04. The van der Waals surface area contributed by atoms with Crippen molar-refractivity contribution < 1.29 is 14.6 Å². The number of carbonyl (C=O) groups is 1. The number of likely N-dealkylation sites (tertiary alicyclic amines) is 1. The van der Waals surface area contributed by atoms with Crippen molar-refractivity contribution in [2.24, 2.45) is 22.6 Å². The average molecular weight is 610 g/mol. The fraction of sp³-hybridized carbons (Fsp3) is 0.667. The van der Waals surface area contributed by atoms with Crippen LogP contribution in [0.1, 0.15) is 99.5 Å². The lowest BCUT2D eigenvalue weighted by molar-refractivity contribution is -0.117. The van der Waals surface area contributed by atoms with E-state index in [1.807, 2.05) is 12.3 Å². The molecule has 0 saturated carbocycles. The molecule has 42 heavy (non-hydrogen) atoms. The lowest BCUT2D eigenvalue weighted by Gasteiger charge is -2.30. The first-order chi connectivity index (χ1) is 19.9. The molecule has 8 nitrogen and oxygen atoms in total. The number of rotatable bonds is 11. The van der Waals surface area contributed by atoms with E-state index < -0.39 is 5.91 Å². The normalized spacial score (nSPS) is 14.2. The minimum absolute atomic E-state index is 0.0291. The third-order valence-corrected chi connectivity index (χ3v) is 7.14. The quantitative estimate of drug-likeness (QED) is 0.183. The highest BCUT2D eigenvalue weighted by molar-refractivity contribution is 6.69. The Morgan fingerprint density at radius 2 is 1.79 bits per heavy atom. The van der Waals surface area contributed by atoms with Crippen LogP contribution in [0.25, 0.3) is 0 Å². The number of aromatic nitrogens is 1. The largest absolute Gasteiger partial charge is 0.481 e. The van der Waals surface area contributed by atoms with Crippen LogP contribution in [0.3, 0.4) is 0 Å².